The van der Waals surface area contributed by atoms with Crippen LogP contribution in [-0.2, 0) is 4.79 Å². The number of amides is 1. The van der Waals surface area contributed by atoms with Crippen molar-refractivity contribution in [2.24, 2.45) is 0 Å². The van der Waals surface area contributed by atoms with E-state index in [1.165, 1.54) is 0 Å². The number of hydrogen-bond donors (Lipinski definition) is 1. The van der Waals surface area contributed by atoms with E-state index in [-0.39, 0.29) is 23.4 Å². The zero-order chi connectivity index (χ0) is 15.7. The van der Waals surface area contributed by atoms with Crippen molar-refractivity contribution >= 4 is 51.1 Å². The number of carbonyl (C=O) groups is 1. The topological polar surface area (TPSA) is 46.9 Å². The quantitative estimate of drug-likeness (QED) is 0.601. The van der Waals surface area contributed by atoms with Crippen molar-refractivity contribution in [3.8, 4) is 0 Å². The lowest BCUT2D eigenvalue weighted by Gasteiger charge is -2.19. The molecule has 0 radical (unpaired) electrons. The van der Waals surface area contributed by atoms with E-state index in [9.17, 15) is 4.79 Å². The molecule has 0 aliphatic carbocycles. The van der Waals surface area contributed by atoms with Crippen LogP contribution in [0, 0.1) is 3.57 Å². The van der Waals surface area contributed by atoms with E-state index < -0.39 is 0 Å². The molecule has 1 heterocycles. The fraction of sp³-hybridized carbons (Fsp3) is 0.467. The molecular formula is C15H19ClIN3O. The molecule has 1 aromatic heterocycles. The molecule has 2 atom stereocenters. The number of carbonyl (C=O) groups excluding carboxylic acids is 1. The van der Waals surface area contributed by atoms with Gasteiger partial charge >= 0.3 is 0 Å². The summed E-state index contributed by atoms with van der Waals surface area (Å²) in [6.07, 6.45) is 0. The smallest absolute Gasteiger partial charge is 0.243 e. The number of fused-ring (bicyclic) bond motifs is 1. The molecule has 4 nitrogen and oxygen atoms in total. The van der Waals surface area contributed by atoms with Crippen LogP contribution in [0.5, 0.6) is 0 Å². The van der Waals surface area contributed by atoms with Gasteiger partial charge in [-0.2, -0.15) is 0 Å². The summed E-state index contributed by atoms with van der Waals surface area (Å²) in [6, 6.07) is 5.76. The lowest BCUT2D eigenvalue weighted by Crippen LogP contribution is -2.36. The van der Waals surface area contributed by atoms with Crippen LogP contribution in [0.4, 0.5) is 0 Å². The lowest BCUT2D eigenvalue weighted by molar-refractivity contribution is -0.124. The highest BCUT2D eigenvalue weighted by Gasteiger charge is 2.24. The van der Waals surface area contributed by atoms with Crippen molar-refractivity contribution in [2.45, 2.75) is 45.2 Å². The predicted molar refractivity (Wildman–Crippen MR) is 94.7 cm³/mol. The molecular weight excluding hydrogens is 401 g/mol. The molecule has 0 fully saturated rings. The summed E-state index contributed by atoms with van der Waals surface area (Å²) in [5.74, 6) is 0.696. The summed E-state index contributed by atoms with van der Waals surface area (Å²) >= 11 is 8.51. The van der Waals surface area contributed by atoms with E-state index in [4.69, 9.17) is 11.6 Å². The van der Waals surface area contributed by atoms with Crippen LogP contribution in [-0.4, -0.2) is 21.5 Å². The number of rotatable bonds is 4. The van der Waals surface area contributed by atoms with Gasteiger partial charge in [-0.15, -0.1) is 11.6 Å². The molecule has 114 valence electrons. The van der Waals surface area contributed by atoms with Gasteiger partial charge in [0.05, 0.1) is 16.4 Å². The van der Waals surface area contributed by atoms with Crippen LogP contribution < -0.4 is 5.32 Å². The fourth-order valence-electron chi connectivity index (χ4n) is 2.30. The van der Waals surface area contributed by atoms with Crippen molar-refractivity contribution in [3.05, 3.63) is 27.6 Å². The minimum atomic E-state index is -0.353. The molecule has 2 aromatic rings. The van der Waals surface area contributed by atoms with Gasteiger partial charge < -0.3 is 9.88 Å². The molecule has 2 rings (SSSR count). The highest BCUT2D eigenvalue weighted by molar-refractivity contribution is 14.1. The van der Waals surface area contributed by atoms with Crippen molar-refractivity contribution in [2.75, 3.05) is 0 Å². The predicted octanol–water partition coefficient (Wildman–Crippen LogP) is 4.03. The largest absolute Gasteiger partial charge is 0.352 e. The number of halogens is 2. The highest BCUT2D eigenvalue weighted by atomic mass is 127. The minimum Gasteiger partial charge on any atom is -0.352 e. The summed E-state index contributed by atoms with van der Waals surface area (Å²) in [4.78, 5) is 16.9. The van der Waals surface area contributed by atoms with Gasteiger partial charge in [-0.25, -0.2) is 4.98 Å². The Kier molecular flexibility index (Phi) is 5.14. The zero-order valence-electron chi connectivity index (χ0n) is 12.5. The fourth-order valence-corrected chi connectivity index (χ4v) is 2.93. The van der Waals surface area contributed by atoms with E-state index in [2.05, 4.69) is 32.9 Å². The molecule has 0 bridgehead atoms. The second-order valence-corrected chi connectivity index (χ2v) is 7.33. The molecule has 0 aliphatic rings. The van der Waals surface area contributed by atoms with Crippen molar-refractivity contribution < 1.29 is 4.79 Å². The maximum atomic E-state index is 12.3. The van der Waals surface area contributed by atoms with Crippen LogP contribution in [0.1, 0.15) is 44.9 Å². The van der Waals surface area contributed by atoms with Gasteiger partial charge in [0.2, 0.25) is 5.91 Å². The van der Waals surface area contributed by atoms with Crippen molar-refractivity contribution in [1.82, 2.24) is 14.9 Å². The van der Waals surface area contributed by atoms with Crippen LogP contribution in [0.15, 0.2) is 18.2 Å². The Labute approximate surface area is 143 Å². The molecule has 0 aliphatic heterocycles. The molecule has 0 saturated carbocycles. The van der Waals surface area contributed by atoms with Gasteiger partial charge in [0.15, 0.2) is 0 Å². The molecule has 1 N–H and O–H groups in total. The maximum Gasteiger partial charge on any atom is 0.243 e. The molecule has 1 amide bonds. The van der Waals surface area contributed by atoms with E-state index in [0.717, 1.165) is 20.4 Å². The van der Waals surface area contributed by atoms with E-state index >= 15 is 0 Å². The zero-order valence-corrected chi connectivity index (χ0v) is 15.4. The maximum absolute atomic E-state index is 12.3. The summed E-state index contributed by atoms with van der Waals surface area (Å²) < 4.78 is 3.04. The van der Waals surface area contributed by atoms with Crippen LogP contribution >= 0.6 is 34.2 Å². The van der Waals surface area contributed by atoms with Gasteiger partial charge in [-0.1, -0.05) is 0 Å². The number of nitrogens with zero attached hydrogens (tertiary/aromatic N) is 2. The number of aromatic nitrogens is 2. The Morgan fingerprint density at radius 3 is 2.57 bits per heavy atom. The first-order valence-corrected chi connectivity index (χ1v) is 8.44. The number of alkyl halides is 1. The van der Waals surface area contributed by atoms with Crippen LogP contribution in [0.25, 0.3) is 11.0 Å². The number of imidazole rings is 1. The normalized spacial score (nSPS) is 14.4. The second kappa shape index (κ2) is 6.52. The average Bonchev–Trinajstić information content (AvgIpc) is 2.75. The van der Waals surface area contributed by atoms with Gasteiger partial charge in [0.25, 0.3) is 0 Å². The van der Waals surface area contributed by atoms with E-state index in [0.29, 0.717) is 0 Å². The Balaban J connectivity index is 2.54. The summed E-state index contributed by atoms with van der Waals surface area (Å²) in [7, 11) is 0. The van der Waals surface area contributed by atoms with Crippen molar-refractivity contribution in [1.29, 1.82) is 0 Å². The average molecular weight is 420 g/mol. The van der Waals surface area contributed by atoms with Crippen LogP contribution in [0.3, 0.4) is 0 Å². The molecule has 6 heteroatoms. The molecule has 1 aromatic carbocycles. The van der Waals surface area contributed by atoms with E-state index in [1.807, 2.05) is 50.5 Å². The first kappa shape index (κ1) is 16.5. The second-order valence-electron chi connectivity index (χ2n) is 5.43. The SMILES string of the molecule is CC(C)NC(=O)C(C)n1c(C(C)Cl)nc2cc(I)ccc21. The Morgan fingerprint density at radius 2 is 2.00 bits per heavy atom. The monoisotopic (exact) mass is 419 g/mol. The summed E-state index contributed by atoms with van der Waals surface area (Å²) in [5, 5.41) is 2.68. The van der Waals surface area contributed by atoms with Gasteiger partial charge in [0, 0.05) is 9.61 Å². The first-order valence-electron chi connectivity index (χ1n) is 6.93. The minimum absolute atomic E-state index is 0.0265. The molecule has 0 saturated heterocycles. The Bertz CT molecular complexity index is 666. The summed E-state index contributed by atoms with van der Waals surface area (Å²) in [5.41, 5.74) is 1.80. The van der Waals surface area contributed by atoms with Crippen LogP contribution in [0.2, 0.25) is 0 Å². The molecule has 0 spiro atoms. The first-order chi connectivity index (χ1) is 9.81. The van der Waals surface area contributed by atoms with E-state index in [1.54, 1.807) is 0 Å². The Hall–Kier alpha value is -0.820. The molecule has 21 heavy (non-hydrogen) atoms. The van der Waals surface area contributed by atoms with Gasteiger partial charge in [-0.3, -0.25) is 4.79 Å². The third-order valence-corrected chi connectivity index (χ3v) is 4.10. The number of benzene rings is 1. The highest BCUT2D eigenvalue weighted by Crippen LogP contribution is 2.29. The summed E-state index contributed by atoms with van der Waals surface area (Å²) in [6.45, 7) is 7.64. The number of nitrogens with one attached hydrogen (secondary N) is 1. The van der Waals surface area contributed by atoms with Gasteiger partial charge in [-0.05, 0) is 68.5 Å². The Morgan fingerprint density at radius 1 is 1.33 bits per heavy atom. The van der Waals surface area contributed by atoms with Crippen molar-refractivity contribution in [3.63, 3.8) is 0 Å². The third kappa shape index (κ3) is 3.51. The lowest BCUT2D eigenvalue weighted by atomic mass is 10.2. The number of hydrogen-bond acceptors (Lipinski definition) is 2. The third-order valence-electron chi connectivity index (χ3n) is 3.23. The van der Waals surface area contributed by atoms with Gasteiger partial charge in [0.1, 0.15) is 11.9 Å². The standard InChI is InChI=1S/C15H19ClIN3O/c1-8(2)18-15(21)10(4)20-13-6-5-11(17)7-12(13)19-14(20)9(3)16/h5-10H,1-4H3,(H,18,21). The molecule has 2 unspecified atom stereocenters.